The van der Waals surface area contributed by atoms with E-state index in [1.165, 1.54) is 6.07 Å². The van der Waals surface area contributed by atoms with Gasteiger partial charge in [-0.3, -0.25) is 14.8 Å². The average molecular weight is 355 g/mol. The third kappa shape index (κ3) is 4.27. The number of methoxy groups -OCH3 is 1. The fourth-order valence-corrected chi connectivity index (χ4v) is 2.24. The van der Waals surface area contributed by atoms with Crippen molar-refractivity contribution in [3.63, 3.8) is 0 Å². The molecule has 112 valence electrons. The molecule has 8 heteroatoms. The lowest BCUT2D eigenvalue weighted by atomic mass is 10.2. The number of nitrogens with zero attached hydrogens (tertiary/aromatic N) is 3. The molecule has 0 aliphatic heterocycles. The van der Waals surface area contributed by atoms with Crippen molar-refractivity contribution in [2.45, 2.75) is 13.1 Å². The zero-order chi connectivity index (χ0) is 15.2. The molecule has 2 aromatic rings. The maximum Gasteiger partial charge on any atom is 0.274 e. The molecular formula is C13H15BrN4O3. The fraction of sp³-hybridized carbons (Fsp3) is 0.308. The van der Waals surface area contributed by atoms with Crippen molar-refractivity contribution in [3.8, 4) is 0 Å². The predicted molar refractivity (Wildman–Crippen MR) is 82.2 cm³/mol. The number of hydrogen-bond donors (Lipinski definition) is 1. The minimum absolute atomic E-state index is 0.0949. The zero-order valence-corrected chi connectivity index (χ0v) is 13.0. The highest BCUT2D eigenvalue weighted by Crippen LogP contribution is 2.23. The average Bonchev–Trinajstić information content (AvgIpc) is 2.90. The molecule has 0 radical (unpaired) electrons. The predicted octanol–water partition coefficient (Wildman–Crippen LogP) is 2.81. The fourth-order valence-electron chi connectivity index (χ4n) is 1.83. The van der Waals surface area contributed by atoms with Crippen LogP contribution in [0.5, 0.6) is 0 Å². The van der Waals surface area contributed by atoms with Crippen molar-refractivity contribution in [1.29, 1.82) is 0 Å². The summed E-state index contributed by atoms with van der Waals surface area (Å²) in [5, 5.41) is 18.3. The Balaban J connectivity index is 2.04. The van der Waals surface area contributed by atoms with Gasteiger partial charge in [0.05, 0.1) is 30.0 Å². The van der Waals surface area contributed by atoms with Gasteiger partial charge in [0.25, 0.3) is 5.69 Å². The van der Waals surface area contributed by atoms with E-state index < -0.39 is 0 Å². The highest BCUT2D eigenvalue weighted by Gasteiger charge is 2.13. The summed E-state index contributed by atoms with van der Waals surface area (Å²) in [5.41, 5.74) is 1.51. The summed E-state index contributed by atoms with van der Waals surface area (Å²) in [5.74, 6) is 0. The number of halogens is 1. The molecule has 0 aliphatic carbocycles. The van der Waals surface area contributed by atoms with Crippen LogP contribution in [0.15, 0.2) is 35.1 Å². The lowest BCUT2D eigenvalue weighted by Crippen LogP contribution is -2.04. The molecule has 0 amide bonds. The Morgan fingerprint density at radius 3 is 3.05 bits per heavy atom. The molecule has 0 saturated heterocycles. The SMILES string of the molecule is COCCn1cc(NCc2cc(Br)ccc2[N+](=O)[O-])cn1. The van der Waals surface area contributed by atoms with Gasteiger partial charge in [-0.15, -0.1) is 0 Å². The summed E-state index contributed by atoms with van der Waals surface area (Å²) in [6.45, 7) is 1.60. The van der Waals surface area contributed by atoms with Crippen molar-refractivity contribution in [2.24, 2.45) is 0 Å². The van der Waals surface area contributed by atoms with E-state index in [1.807, 2.05) is 6.20 Å². The minimum Gasteiger partial charge on any atom is -0.383 e. The minimum atomic E-state index is -0.383. The molecule has 0 spiro atoms. The molecule has 21 heavy (non-hydrogen) atoms. The smallest absolute Gasteiger partial charge is 0.274 e. The molecule has 0 aliphatic rings. The van der Waals surface area contributed by atoms with Crippen LogP contribution in [0.3, 0.4) is 0 Å². The second kappa shape index (κ2) is 7.19. The second-order valence-electron chi connectivity index (χ2n) is 4.37. The molecule has 1 heterocycles. The molecule has 0 atom stereocenters. The first-order chi connectivity index (χ1) is 10.1. The van der Waals surface area contributed by atoms with Crippen LogP contribution in [0, 0.1) is 10.1 Å². The number of ether oxygens (including phenoxy) is 1. The third-order valence-electron chi connectivity index (χ3n) is 2.88. The Labute approximate surface area is 130 Å². The number of anilines is 1. The normalized spacial score (nSPS) is 10.6. The van der Waals surface area contributed by atoms with Crippen molar-refractivity contribution >= 4 is 27.3 Å². The Hall–Kier alpha value is -1.93. The highest BCUT2D eigenvalue weighted by molar-refractivity contribution is 9.10. The van der Waals surface area contributed by atoms with Crippen LogP contribution in [0.1, 0.15) is 5.56 Å². The van der Waals surface area contributed by atoms with Gasteiger partial charge in [0.15, 0.2) is 0 Å². The van der Waals surface area contributed by atoms with Crippen LogP contribution in [-0.2, 0) is 17.8 Å². The van der Waals surface area contributed by atoms with Crippen LogP contribution in [0.2, 0.25) is 0 Å². The molecule has 2 rings (SSSR count). The number of rotatable bonds is 7. The van der Waals surface area contributed by atoms with Gasteiger partial charge in [0.2, 0.25) is 0 Å². The van der Waals surface area contributed by atoms with E-state index in [1.54, 1.807) is 30.1 Å². The first-order valence-electron chi connectivity index (χ1n) is 6.28. The van der Waals surface area contributed by atoms with Crippen LogP contribution in [-0.4, -0.2) is 28.4 Å². The van der Waals surface area contributed by atoms with E-state index in [0.29, 0.717) is 25.3 Å². The molecule has 1 N–H and O–H groups in total. The maximum atomic E-state index is 11.0. The summed E-state index contributed by atoms with van der Waals surface area (Å²) in [6, 6.07) is 4.88. The van der Waals surface area contributed by atoms with Gasteiger partial charge in [-0.2, -0.15) is 5.10 Å². The maximum absolute atomic E-state index is 11.0. The second-order valence-corrected chi connectivity index (χ2v) is 5.28. The van der Waals surface area contributed by atoms with E-state index in [4.69, 9.17) is 4.74 Å². The molecule has 1 aromatic heterocycles. The Bertz CT molecular complexity index is 630. The summed E-state index contributed by atoms with van der Waals surface area (Å²) >= 11 is 3.32. The van der Waals surface area contributed by atoms with Crippen molar-refractivity contribution < 1.29 is 9.66 Å². The van der Waals surface area contributed by atoms with Gasteiger partial charge in [-0.1, -0.05) is 15.9 Å². The van der Waals surface area contributed by atoms with Gasteiger partial charge >= 0.3 is 0 Å². The number of hydrogen-bond acceptors (Lipinski definition) is 5. The molecule has 7 nitrogen and oxygen atoms in total. The van der Waals surface area contributed by atoms with Crippen LogP contribution in [0.4, 0.5) is 11.4 Å². The number of nitro groups is 1. The highest BCUT2D eigenvalue weighted by atomic mass is 79.9. The molecular weight excluding hydrogens is 340 g/mol. The number of nitro benzene ring substituents is 1. The van der Waals surface area contributed by atoms with Crippen molar-refractivity contribution in [1.82, 2.24) is 9.78 Å². The topological polar surface area (TPSA) is 82.2 Å². The van der Waals surface area contributed by atoms with E-state index in [9.17, 15) is 10.1 Å². The van der Waals surface area contributed by atoms with Gasteiger partial charge in [-0.05, 0) is 12.1 Å². The number of nitrogens with one attached hydrogen (secondary N) is 1. The summed E-state index contributed by atoms with van der Waals surface area (Å²) < 4.78 is 7.54. The Morgan fingerprint density at radius 2 is 2.33 bits per heavy atom. The van der Waals surface area contributed by atoms with Crippen molar-refractivity contribution in [2.75, 3.05) is 19.0 Å². The van der Waals surface area contributed by atoms with Crippen LogP contribution >= 0.6 is 15.9 Å². The van der Waals surface area contributed by atoms with E-state index in [0.717, 1.165) is 10.2 Å². The first-order valence-corrected chi connectivity index (χ1v) is 7.07. The summed E-state index contributed by atoms with van der Waals surface area (Å²) in [4.78, 5) is 10.6. The van der Waals surface area contributed by atoms with Crippen molar-refractivity contribution in [3.05, 3.63) is 50.7 Å². The molecule has 0 saturated carbocycles. The molecule has 0 unspecified atom stereocenters. The number of aromatic nitrogens is 2. The number of benzene rings is 1. The Kier molecular flexibility index (Phi) is 5.29. The lowest BCUT2D eigenvalue weighted by molar-refractivity contribution is -0.385. The van der Waals surface area contributed by atoms with Crippen LogP contribution in [0.25, 0.3) is 0 Å². The van der Waals surface area contributed by atoms with Gasteiger partial charge in [0.1, 0.15) is 0 Å². The monoisotopic (exact) mass is 354 g/mol. The van der Waals surface area contributed by atoms with Gasteiger partial charge in [-0.25, -0.2) is 0 Å². The van der Waals surface area contributed by atoms with E-state index in [2.05, 4.69) is 26.3 Å². The summed E-state index contributed by atoms with van der Waals surface area (Å²) in [6.07, 6.45) is 3.52. The standard InChI is InChI=1S/C13H15BrN4O3/c1-21-5-4-17-9-12(8-16-17)15-7-10-6-11(14)2-3-13(10)18(19)20/h2-3,6,8-9,15H,4-5,7H2,1H3. The molecule has 0 fully saturated rings. The van der Waals surface area contributed by atoms with Crippen LogP contribution < -0.4 is 5.32 Å². The lowest BCUT2D eigenvalue weighted by Gasteiger charge is -2.05. The van der Waals surface area contributed by atoms with Gasteiger partial charge < -0.3 is 10.1 Å². The molecule has 1 aromatic carbocycles. The zero-order valence-electron chi connectivity index (χ0n) is 11.5. The quantitative estimate of drug-likeness (QED) is 0.610. The van der Waals surface area contributed by atoms with E-state index >= 15 is 0 Å². The summed E-state index contributed by atoms with van der Waals surface area (Å²) in [7, 11) is 1.63. The van der Waals surface area contributed by atoms with Gasteiger partial charge in [0, 0.05) is 36.0 Å². The Morgan fingerprint density at radius 1 is 1.52 bits per heavy atom. The molecule has 0 bridgehead atoms. The largest absolute Gasteiger partial charge is 0.383 e. The third-order valence-corrected chi connectivity index (χ3v) is 3.37. The first kappa shape index (κ1) is 15.5. The van der Waals surface area contributed by atoms with E-state index in [-0.39, 0.29) is 10.6 Å².